The third-order valence-electron chi connectivity index (χ3n) is 3.38. The molecule has 114 valence electrons. The van der Waals surface area contributed by atoms with Gasteiger partial charge in [-0.05, 0) is 19.0 Å². The van der Waals surface area contributed by atoms with E-state index in [9.17, 15) is 4.79 Å². The summed E-state index contributed by atoms with van der Waals surface area (Å²) in [4.78, 5) is 27.0. The first-order valence-corrected chi connectivity index (χ1v) is 7.01. The second kappa shape index (κ2) is 6.44. The van der Waals surface area contributed by atoms with Gasteiger partial charge in [0.15, 0.2) is 6.10 Å². The molecule has 0 bridgehead atoms. The maximum absolute atomic E-state index is 11.9. The lowest BCUT2D eigenvalue weighted by Gasteiger charge is -2.10. The predicted molar refractivity (Wildman–Crippen MR) is 83.1 cm³/mol. The third kappa shape index (κ3) is 3.17. The fraction of sp³-hybridized carbons (Fsp3) is 0.357. The van der Waals surface area contributed by atoms with Gasteiger partial charge in [0.05, 0.1) is 23.1 Å². The average Bonchev–Trinajstić information content (AvgIpc) is 3.05. The first kappa shape index (κ1) is 14.3. The highest BCUT2D eigenvalue weighted by molar-refractivity contribution is 5.85. The van der Waals surface area contributed by atoms with E-state index in [0.29, 0.717) is 10.9 Å². The summed E-state index contributed by atoms with van der Waals surface area (Å²) in [6.45, 7) is 1.78. The van der Waals surface area contributed by atoms with Crippen LogP contribution < -0.4 is 15.6 Å². The number of rotatable bonds is 5. The molecule has 2 atom stereocenters. The SMILES string of the molecule is N=CC(C=NC1CCNC1)Oc1nc2cnccc2c(=O)[nH]1. The molecule has 0 radical (unpaired) electrons. The minimum atomic E-state index is -0.669. The molecular weight excluding hydrogens is 284 g/mol. The number of aromatic nitrogens is 3. The van der Waals surface area contributed by atoms with Gasteiger partial charge >= 0.3 is 0 Å². The van der Waals surface area contributed by atoms with Crippen LogP contribution in [0, 0.1) is 5.41 Å². The van der Waals surface area contributed by atoms with Crippen molar-refractivity contribution in [1.82, 2.24) is 20.3 Å². The van der Waals surface area contributed by atoms with Crippen molar-refractivity contribution in [2.75, 3.05) is 13.1 Å². The molecule has 0 saturated carbocycles. The molecule has 22 heavy (non-hydrogen) atoms. The summed E-state index contributed by atoms with van der Waals surface area (Å²) >= 11 is 0. The maximum Gasteiger partial charge on any atom is 0.298 e. The Hall–Kier alpha value is -2.61. The first-order valence-electron chi connectivity index (χ1n) is 7.01. The number of aliphatic imine (C=N–C) groups is 1. The van der Waals surface area contributed by atoms with Gasteiger partial charge in [0.2, 0.25) is 0 Å². The van der Waals surface area contributed by atoms with Crippen LogP contribution >= 0.6 is 0 Å². The Balaban J connectivity index is 1.78. The van der Waals surface area contributed by atoms with Crippen LogP contribution in [0.15, 0.2) is 28.2 Å². The topological polar surface area (TPSA) is 116 Å². The Morgan fingerprint density at radius 3 is 3.23 bits per heavy atom. The van der Waals surface area contributed by atoms with Gasteiger partial charge in [0.1, 0.15) is 0 Å². The van der Waals surface area contributed by atoms with Crippen LogP contribution in [0.2, 0.25) is 0 Å². The molecule has 1 fully saturated rings. The average molecular weight is 300 g/mol. The van der Waals surface area contributed by atoms with Gasteiger partial charge in [-0.3, -0.25) is 19.8 Å². The zero-order valence-electron chi connectivity index (χ0n) is 11.8. The molecule has 3 N–H and O–H groups in total. The Morgan fingerprint density at radius 1 is 1.55 bits per heavy atom. The number of nitrogens with zero attached hydrogens (tertiary/aromatic N) is 3. The van der Waals surface area contributed by atoms with E-state index in [1.54, 1.807) is 12.3 Å². The van der Waals surface area contributed by atoms with Crippen LogP contribution in [-0.2, 0) is 0 Å². The van der Waals surface area contributed by atoms with Crippen molar-refractivity contribution in [1.29, 1.82) is 5.41 Å². The van der Waals surface area contributed by atoms with Gasteiger partial charge in [0.25, 0.3) is 11.6 Å². The molecule has 1 aliphatic heterocycles. The van der Waals surface area contributed by atoms with E-state index in [0.717, 1.165) is 25.7 Å². The number of pyridine rings is 1. The predicted octanol–water partition coefficient (Wildman–Crippen LogP) is 0.148. The second-order valence-electron chi connectivity index (χ2n) is 4.96. The van der Waals surface area contributed by atoms with Crippen molar-refractivity contribution < 1.29 is 4.74 Å². The number of hydrogen-bond acceptors (Lipinski definition) is 7. The fourth-order valence-electron chi connectivity index (χ4n) is 2.23. The highest BCUT2D eigenvalue weighted by Gasteiger charge is 2.14. The second-order valence-corrected chi connectivity index (χ2v) is 4.96. The van der Waals surface area contributed by atoms with Gasteiger partial charge in [-0.25, -0.2) is 0 Å². The molecule has 8 heteroatoms. The van der Waals surface area contributed by atoms with Crippen LogP contribution in [0.4, 0.5) is 0 Å². The lowest BCUT2D eigenvalue weighted by atomic mass is 10.3. The monoisotopic (exact) mass is 300 g/mol. The van der Waals surface area contributed by atoms with Gasteiger partial charge in [-0.2, -0.15) is 4.98 Å². The lowest BCUT2D eigenvalue weighted by Crippen LogP contribution is -2.24. The summed E-state index contributed by atoms with van der Waals surface area (Å²) in [5, 5.41) is 11.1. The number of nitrogens with one attached hydrogen (secondary N) is 3. The van der Waals surface area contributed by atoms with Gasteiger partial charge in [0, 0.05) is 25.2 Å². The normalized spacial score (nSPS) is 19.5. The van der Waals surface area contributed by atoms with E-state index in [1.165, 1.54) is 12.4 Å². The molecule has 3 heterocycles. The maximum atomic E-state index is 11.9. The molecule has 0 aliphatic carbocycles. The Kier molecular flexibility index (Phi) is 4.19. The molecule has 2 aromatic rings. The molecule has 0 aromatic carbocycles. The largest absolute Gasteiger partial charge is 0.450 e. The lowest BCUT2D eigenvalue weighted by molar-refractivity contribution is 0.308. The molecule has 3 rings (SSSR count). The van der Waals surface area contributed by atoms with E-state index < -0.39 is 6.10 Å². The minimum absolute atomic E-state index is 0.0509. The molecule has 2 unspecified atom stereocenters. The van der Waals surface area contributed by atoms with Crippen molar-refractivity contribution in [3.8, 4) is 6.01 Å². The third-order valence-corrected chi connectivity index (χ3v) is 3.38. The summed E-state index contributed by atoms with van der Waals surface area (Å²) < 4.78 is 5.51. The highest BCUT2D eigenvalue weighted by Crippen LogP contribution is 2.09. The number of fused-ring (bicyclic) bond motifs is 1. The molecule has 2 aromatic heterocycles. The number of ether oxygens (including phenoxy) is 1. The smallest absolute Gasteiger partial charge is 0.298 e. The highest BCUT2D eigenvalue weighted by atomic mass is 16.5. The Labute approximate surface area is 126 Å². The van der Waals surface area contributed by atoms with Gasteiger partial charge in [-0.15, -0.1) is 0 Å². The summed E-state index contributed by atoms with van der Waals surface area (Å²) in [5.74, 6) is 0. The molecule has 0 spiro atoms. The Bertz CT molecular complexity index is 750. The summed E-state index contributed by atoms with van der Waals surface area (Å²) in [7, 11) is 0. The van der Waals surface area contributed by atoms with E-state index in [-0.39, 0.29) is 17.6 Å². The number of H-pyrrole nitrogens is 1. The standard InChI is InChI=1S/C14H16N6O2/c15-5-10(7-18-9-1-3-16-6-9)22-14-19-12-8-17-4-2-11(12)13(21)20-14/h2,4-5,7-10,15-16H,1,3,6H2,(H,19,20,21). The van der Waals surface area contributed by atoms with Gasteiger partial charge < -0.3 is 15.5 Å². The molecule has 0 amide bonds. The molecule has 1 aliphatic rings. The van der Waals surface area contributed by atoms with Crippen LogP contribution in [0.1, 0.15) is 6.42 Å². The van der Waals surface area contributed by atoms with Crippen molar-refractivity contribution in [2.45, 2.75) is 18.6 Å². The van der Waals surface area contributed by atoms with E-state index in [4.69, 9.17) is 10.1 Å². The summed E-state index contributed by atoms with van der Waals surface area (Å²) in [5.41, 5.74) is 0.143. The van der Waals surface area contributed by atoms with Crippen molar-refractivity contribution in [3.63, 3.8) is 0 Å². The first-order chi connectivity index (χ1) is 10.8. The Morgan fingerprint density at radius 2 is 2.45 bits per heavy atom. The minimum Gasteiger partial charge on any atom is -0.450 e. The van der Waals surface area contributed by atoms with Crippen LogP contribution in [0.5, 0.6) is 6.01 Å². The summed E-state index contributed by atoms with van der Waals surface area (Å²) in [6.07, 6.45) is 6.00. The van der Waals surface area contributed by atoms with E-state index in [2.05, 4.69) is 25.3 Å². The number of hydrogen-bond donors (Lipinski definition) is 3. The zero-order valence-corrected chi connectivity index (χ0v) is 11.8. The zero-order chi connectivity index (χ0) is 15.4. The summed E-state index contributed by atoms with van der Waals surface area (Å²) in [6, 6.07) is 1.85. The van der Waals surface area contributed by atoms with Crippen LogP contribution in [0.25, 0.3) is 10.9 Å². The fourth-order valence-corrected chi connectivity index (χ4v) is 2.23. The van der Waals surface area contributed by atoms with E-state index in [1.807, 2.05) is 0 Å². The van der Waals surface area contributed by atoms with E-state index >= 15 is 0 Å². The van der Waals surface area contributed by atoms with Crippen LogP contribution in [0.3, 0.4) is 0 Å². The quantitative estimate of drug-likeness (QED) is 0.680. The molecule has 1 saturated heterocycles. The van der Waals surface area contributed by atoms with Crippen molar-refractivity contribution >= 4 is 23.3 Å². The van der Waals surface area contributed by atoms with Crippen molar-refractivity contribution in [2.24, 2.45) is 4.99 Å². The van der Waals surface area contributed by atoms with Crippen LogP contribution in [-0.4, -0.2) is 52.6 Å². The van der Waals surface area contributed by atoms with Crippen molar-refractivity contribution in [3.05, 3.63) is 28.8 Å². The molecule has 8 nitrogen and oxygen atoms in total. The molecular formula is C14H16N6O2. The van der Waals surface area contributed by atoms with Gasteiger partial charge in [-0.1, -0.05) is 0 Å². The number of aromatic amines is 1.